The van der Waals surface area contributed by atoms with E-state index in [0.717, 1.165) is 0 Å². The molecule has 60 valence electrons. The first kappa shape index (κ1) is 11.8. The molecule has 0 rings (SSSR count). The molecular weight excluding hydrogens is 157 g/mol. The lowest BCUT2D eigenvalue weighted by Gasteiger charge is -1.86. The maximum atomic E-state index is 9.86. The van der Waals surface area contributed by atoms with Crippen LogP contribution in [0.3, 0.4) is 0 Å². The summed E-state index contributed by atoms with van der Waals surface area (Å²) >= 11 is 0. The molecule has 3 N–H and O–H groups in total. The van der Waals surface area contributed by atoms with Crippen LogP contribution in [0.1, 0.15) is 12.8 Å². The van der Waals surface area contributed by atoms with Crippen molar-refractivity contribution in [2.75, 3.05) is 0 Å². The van der Waals surface area contributed by atoms with Crippen molar-refractivity contribution in [3.05, 3.63) is 0 Å². The normalized spacial score (nSPS) is 7.70. The van der Waals surface area contributed by atoms with Crippen LogP contribution in [0.15, 0.2) is 0 Å². The quantitative estimate of drug-likeness (QED) is 0.399. The van der Waals surface area contributed by atoms with Gasteiger partial charge in [0.2, 0.25) is 16.5 Å². The van der Waals surface area contributed by atoms with E-state index in [1.54, 1.807) is 0 Å². The Labute approximate surface area is 60.8 Å². The van der Waals surface area contributed by atoms with Gasteiger partial charge < -0.3 is 14.9 Å². The van der Waals surface area contributed by atoms with Crippen molar-refractivity contribution in [2.24, 2.45) is 5.73 Å². The molecule has 0 aromatic heterocycles. The molecule has 0 aliphatic rings. The van der Waals surface area contributed by atoms with Crippen LogP contribution < -0.4 is 5.73 Å². The van der Waals surface area contributed by atoms with Crippen molar-refractivity contribution in [3.63, 3.8) is 0 Å². The van der Waals surface area contributed by atoms with E-state index in [0.29, 0.717) is 0 Å². The molecule has 6 heteroatoms. The number of carbonyl (C=O) groups is 2. The smallest absolute Gasteiger partial charge is 0.303 e. The Morgan fingerprint density at radius 1 is 1.40 bits per heavy atom. The molecule has 0 aliphatic carbocycles. The van der Waals surface area contributed by atoms with Crippen LogP contribution in [-0.2, 0) is 9.59 Å². The molecule has 10 heavy (non-hydrogen) atoms. The van der Waals surface area contributed by atoms with Gasteiger partial charge in [-0.15, -0.1) is 0 Å². The second kappa shape index (κ2) is 8.09. The molecule has 0 saturated carbocycles. The first-order chi connectivity index (χ1) is 4.63. The van der Waals surface area contributed by atoms with Gasteiger partial charge in [-0.1, -0.05) is 0 Å². The zero-order chi connectivity index (χ0) is 8.57. The van der Waals surface area contributed by atoms with E-state index < -0.39 is 11.9 Å². The van der Waals surface area contributed by atoms with Crippen molar-refractivity contribution < 1.29 is 18.8 Å². The largest absolute Gasteiger partial charge is 0.481 e. The summed E-state index contributed by atoms with van der Waals surface area (Å²) in [6, 6.07) is 0. The number of primary amides is 1. The maximum absolute atomic E-state index is 9.86. The Morgan fingerprint density at radius 3 is 1.90 bits per heavy atom. The number of nitrogens with two attached hydrogens (primary N) is 1. The van der Waals surface area contributed by atoms with Crippen LogP contribution in [0.25, 0.3) is 0 Å². The lowest BCUT2D eigenvalue weighted by atomic mass is 10.3. The molecule has 0 fully saturated rings. The first-order valence-corrected chi connectivity index (χ1v) is 3.26. The van der Waals surface area contributed by atoms with Crippen LogP contribution in [0, 0.1) is 0 Å². The number of hydrogen-bond acceptors (Lipinski definition) is 2. The van der Waals surface area contributed by atoms with Gasteiger partial charge in [-0.3, -0.25) is 9.59 Å². The molecule has 4 nitrogen and oxygen atoms in total. The van der Waals surface area contributed by atoms with Crippen molar-refractivity contribution in [3.8, 4) is 0 Å². The number of carboxylic acid groups (broad SMARTS) is 1. The number of carbonyl (C=O) groups excluding carboxylic acids is 1. The molecule has 0 radical (unpaired) electrons. The van der Waals surface area contributed by atoms with Crippen molar-refractivity contribution in [1.29, 1.82) is 0 Å². The summed E-state index contributed by atoms with van der Waals surface area (Å²) in [5.41, 5.74) is 4.64. The van der Waals surface area contributed by atoms with Gasteiger partial charge in [0, 0.05) is 6.42 Å². The van der Waals surface area contributed by atoms with E-state index in [-0.39, 0.29) is 23.4 Å². The van der Waals surface area contributed by atoms with Gasteiger partial charge >= 0.3 is 5.97 Å². The van der Waals surface area contributed by atoms with E-state index in [2.05, 4.69) is 5.73 Å². The molecule has 0 aromatic rings. The molecule has 0 aromatic carbocycles. The first-order valence-electron chi connectivity index (χ1n) is 2.51. The average Bonchev–Trinajstić information content (AvgIpc) is 1.89. The van der Waals surface area contributed by atoms with Crippen LogP contribution in [0.4, 0.5) is 4.11 Å². The van der Waals surface area contributed by atoms with E-state index in [1.807, 2.05) is 0 Å². The van der Waals surface area contributed by atoms with Gasteiger partial charge in [0.15, 0.2) is 0 Å². The predicted octanol–water partition coefficient (Wildman–Crippen LogP) is -1.43. The summed E-state index contributed by atoms with van der Waals surface area (Å²) in [6.45, 7) is 0. The number of carboxylic acids is 1. The minimum Gasteiger partial charge on any atom is -0.481 e. The summed E-state index contributed by atoms with van der Waals surface area (Å²) in [6.07, 6.45) is -0.245. The molecule has 1 amide bonds. The Morgan fingerprint density at radius 2 is 1.80 bits per heavy atom. The maximum Gasteiger partial charge on any atom is 0.303 e. The Balaban J connectivity index is 0. The molecule has 0 spiro atoms. The highest BCUT2D eigenvalue weighted by Gasteiger charge is 1.98. The molecule has 0 heterocycles. The Kier molecular flexibility index (Phi) is 9.57. The summed E-state index contributed by atoms with van der Waals surface area (Å²) in [7, 11) is -0.194. The molecule has 0 atom stereocenters. The van der Waals surface area contributed by atoms with Gasteiger partial charge in [0.1, 0.15) is 0 Å². The van der Waals surface area contributed by atoms with Gasteiger partial charge in [-0.05, 0) is 0 Å². The zero-order valence-corrected chi connectivity index (χ0v) is 7.63. The number of hydrogen-bond donors (Lipinski definition) is 2. The van der Waals surface area contributed by atoms with Crippen LogP contribution in [-0.4, -0.2) is 27.6 Å². The second-order valence-electron chi connectivity index (χ2n) is 1.36. The van der Waals surface area contributed by atoms with E-state index >= 15 is 0 Å². The van der Waals surface area contributed by atoms with Crippen LogP contribution in [0.5, 0.6) is 0 Å². The van der Waals surface area contributed by atoms with Crippen molar-refractivity contribution in [2.45, 2.75) is 12.8 Å². The number of amides is 1. The SMILES string of the molecule is F[SiH3].NC(=O)CCC(=O)O. The predicted molar refractivity (Wildman–Crippen MR) is 37.1 cm³/mol. The van der Waals surface area contributed by atoms with Gasteiger partial charge in [-0.2, -0.15) is 0 Å². The topological polar surface area (TPSA) is 80.4 Å². The van der Waals surface area contributed by atoms with E-state index in [9.17, 15) is 13.7 Å². The summed E-state index contributed by atoms with van der Waals surface area (Å²) in [5, 5.41) is 7.95. The minimum absolute atomic E-state index is 0.0741. The highest BCUT2D eigenvalue weighted by Crippen LogP contribution is 1.84. The number of halogens is 1. The highest BCUT2D eigenvalue weighted by atomic mass is 28.2. The minimum atomic E-state index is -0.996. The fraction of sp³-hybridized carbons (Fsp3) is 0.500. The summed E-state index contributed by atoms with van der Waals surface area (Å²) in [4.78, 5) is 19.6. The van der Waals surface area contributed by atoms with Gasteiger partial charge in [0.25, 0.3) is 0 Å². The van der Waals surface area contributed by atoms with Crippen molar-refractivity contribution >= 4 is 22.5 Å². The van der Waals surface area contributed by atoms with E-state index in [1.165, 1.54) is 0 Å². The Hall–Kier alpha value is -0.913. The monoisotopic (exact) mass is 167 g/mol. The molecule has 0 bridgehead atoms. The number of rotatable bonds is 3. The van der Waals surface area contributed by atoms with Crippen LogP contribution in [0.2, 0.25) is 0 Å². The third-order valence-corrected chi connectivity index (χ3v) is 0.585. The number of aliphatic carboxylic acids is 1. The second-order valence-corrected chi connectivity index (χ2v) is 1.36. The Bertz CT molecular complexity index is 105. The molecular formula is C4H10FNO3Si. The summed E-state index contributed by atoms with van der Waals surface area (Å²) < 4.78 is 9.64. The standard InChI is InChI=1S/C4H7NO3.FH3Si/c5-3(6)1-2-4(7)8;1-2/h1-2H2,(H2,5,6)(H,7,8);2H3. The molecule has 0 saturated heterocycles. The van der Waals surface area contributed by atoms with Crippen LogP contribution >= 0.6 is 0 Å². The fourth-order valence-corrected chi connectivity index (χ4v) is 0.230. The average molecular weight is 167 g/mol. The lowest BCUT2D eigenvalue weighted by molar-refractivity contribution is -0.138. The molecule has 0 aliphatic heterocycles. The fourth-order valence-electron chi connectivity index (χ4n) is 0.230. The van der Waals surface area contributed by atoms with Gasteiger partial charge in [-0.25, -0.2) is 0 Å². The van der Waals surface area contributed by atoms with Gasteiger partial charge in [0.05, 0.1) is 6.42 Å². The van der Waals surface area contributed by atoms with Crippen molar-refractivity contribution in [1.82, 2.24) is 0 Å². The highest BCUT2D eigenvalue weighted by molar-refractivity contribution is 5.96. The third-order valence-electron chi connectivity index (χ3n) is 0.585. The third kappa shape index (κ3) is 15.7. The van der Waals surface area contributed by atoms with E-state index in [4.69, 9.17) is 5.11 Å². The lowest BCUT2D eigenvalue weighted by Crippen LogP contribution is -2.12. The zero-order valence-electron chi connectivity index (χ0n) is 5.63. The summed E-state index contributed by atoms with van der Waals surface area (Å²) in [5.74, 6) is -1.57. The molecule has 0 unspecified atom stereocenters.